The van der Waals surface area contributed by atoms with Crippen LogP contribution in [0.4, 0.5) is 5.95 Å². The van der Waals surface area contributed by atoms with E-state index in [9.17, 15) is 0 Å². The van der Waals surface area contributed by atoms with E-state index in [1.807, 2.05) is 0 Å². The molecule has 1 aromatic carbocycles. The highest BCUT2D eigenvalue weighted by molar-refractivity contribution is 5.82. The molecule has 0 aliphatic heterocycles. The topological polar surface area (TPSA) is 43.8 Å². The number of nitrogens with zero attached hydrogens (tertiary/aromatic N) is 2. The van der Waals surface area contributed by atoms with Crippen molar-refractivity contribution < 1.29 is 0 Å². The molecule has 0 aliphatic carbocycles. The number of imidazole rings is 1. The summed E-state index contributed by atoms with van der Waals surface area (Å²) >= 11 is 0. The van der Waals surface area contributed by atoms with Gasteiger partial charge in [-0.2, -0.15) is 0 Å². The molecule has 0 spiro atoms. The van der Waals surface area contributed by atoms with Crippen LogP contribution in [0.25, 0.3) is 11.0 Å². The Hall–Kier alpha value is -1.51. The molecule has 0 aliphatic rings. The van der Waals surface area contributed by atoms with E-state index in [1.165, 1.54) is 5.56 Å². The van der Waals surface area contributed by atoms with E-state index in [4.69, 9.17) is 5.73 Å². The molecule has 0 radical (unpaired) electrons. The van der Waals surface area contributed by atoms with Gasteiger partial charge >= 0.3 is 0 Å². The number of nitrogen functional groups attached to an aromatic ring is 1. The summed E-state index contributed by atoms with van der Waals surface area (Å²) in [5.41, 5.74) is 9.43. The standard InChI is InChI=1S/C13H19N3/c1-8(2)10-6-5-7-11-12(10)15-13(14)16(11)9(3)4/h5-9H,1-4H3,(H2,14,15). The van der Waals surface area contributed by atoms with Crippen LogP contribution in [0, 0.1) is 0 Å². The van der Waals surface area contributed by atoms with Crippen molar-refractivity contribution in [2.45, 2.75) is 39.7 Å². The van der Waals surface area contributed by atoms with Crippen LogP contribution in [0.5, 0.6) is 0 Å². The van der Waals surface area contributed by atoms with Gasteiger partial charge in [0, 0.05) is 6.04 Å². The third-order valence-corrected chi connectivity index (χ3v) is 2.92. The van der Waals surface area contributed by atoms with Crippen LogP contribution in [0.2, 0.25) is 0 Å². The second-order valence-corrected chi connectivity index (χ2v) is 4.80. The van der Waals surface area contributed by atoms with E-state index < -0.39 is 0 Å². The Morgan fingerprint density at radius 1 is 1.19 bits per heavy atom. The average molecular weight is 217 g/mol. The molecule has 0 saturated carbocycles. The summed E-state index contributed by atoms with van der Waals surface area (Å²) in [5, 5.41) is 0. The van der Waals surface area contributed by atoms with Gasteiger partial charge in [-0.3, -0.25) is 0 Å². The van der Waals surface area contributed by atoms with Crippen molar-refractivity contribution in [3.05, 3.63) is 23.8 Å². The van der Waals surface area contributed by atoms with E-state index >= 15 is 0 Å². The van der Waals surface area contributed by atoms with Gasteiger partial charge in [-0.05, 0) is 31.4 Å². The Morgan fingerprint density at radius 3 is 2.44 bits per heavy atom. The first kappa shape index (κ1) is 11.0. The van der Waals surface area contributed by atoms with Gasteiger partial charge in [0.2, 0.25) is 5.95 Å². The van der Waals surface area contributed by atoms with E-state index in [2.05, 4.69) is 55.4 Å². The normalized spacial score (nSPS) is 11.9. The van der Waals surface area contributed by atoms with Crippen molar-refractivity contribution in [3.63, 3.8) is 0 Å². The van der Waals surface area contributed by atoms with Crippen molar-refractivity contribution in [1.82, 2.24) is 9.55 Å². The van der Waals surface area contributed by atoms with Crippen molar-refractivity contribution >= 4 is 17.0 Å². The van der Waals surface area contributed by atoms with Crippen molar-refractivity contribution in [2.75, 3.05) is 5.73 Å². The zero-order valence-corrected chi connectivity index (χ0v) is 10.4. The van der Waals surface area contributed by atoms with Gasteiger partial charge in [0.1, 0.15) is 0 Å². The summed E-state index contributed by atoms with van der Waals surface area (Å²) in [4.78, 5) is 4.50. The predicted molar refractivity (Wildman–Crippen MR) is 68.6 cm³/mol. The number of fused-ring (bicyclic) bond motifs is 1. The number of hydrogen-bond acceptors (Lipinski definition) is 2. The Balaban J connectivity index is 2.78. The second kappa shape index (κ2) is 3.81. The Kier molecular flexibility index (Phi) is 2.62. The lowest BCUT2D eigenvalue weighted by Gasteiger charge is -2.11. The molecule has 0 bridgehead atoms. The van der Waals surface area contributed by atoms with Gasteiger partial charge in [-0.1, -0.05) is 26.0 Å². The fourth-order valence-corrected chi connectivity index (χ4v) is 2.17. The lowest BCUT2D eigenvalue weighted by Crippen LogP contribution is -2.05. The number of hydrogen-bond donors (Lipinski definition) is 1. The van der Waals surface area contributed by atoms with Gasteiger partial charge in [-0.15, -0.1) is 0 Å². The summed E-state index contributed by atoms with van der Waals surface area (Å²) < 4.78 is 2.08. The maximum atomic E-state index is 5.98. The molecule has 0 atom stereocenters. The Bertz CT molecular complexity index is 509. The largest absolute Gasteiger partial charge is 0.369 e. The summed E-state index contributed by atoms with van der Waals surface area (Å²) in [6.45, 7) is 8.61. The third-order valence-electron chi connectivity index (χ3n) is 2.92. The second-order valence-electron chi connectivity index (χ2n) is 4.80. The molecule has 0 saturated heterocycles. The number of aromatic nitrogens is 2. The molecule has 16 heavy (non-hydrogen) atoms. The molecule has 3 nitrogen and oxygen atoms in total. The first-order valence-corrected chi connectivity index (χ1v) is 5.78. The van der Waals surface area contributed by atoms with Crippen LogP contribution in [0.1, 0.15) is 45.2 Å². The van der Waals surface area contributed by atoms with Gasteiger partial charge < -0.3 is 10.3 Å². The van der Waals surface area contributed by atoms with E-state index in [0.717, 1.165) is 11.0 Å². The Labute approximate surface area is 96.3 Å². The maximum absolute atomic E-state index is 5.98. The lowest BCUT2D eigenvalue weighted by molar-refractivity contribution is 0.627. The lowest BCUT2D eigenvalue weighted by atomic mass is 10.0. The molecule has 2 rings (SSSR count). The molecule has 2 N–H and O–H groups in total. The summed E-state index contributed by atoms with van der Waals surface area (Å²) in [6.07, 6.45) is 0. The first-order chi connectivity index (χ1) is 7.52. The molecular weight excluding hydrogens is 198 g/mol. The fraction of sp³-hybridized carbons (Fsp3) is 0.462. The number of rotatable bonds is 2. The van der Waals surface area contributed by atoms with Gasteiger partial charge in [0.05, 0.1) is 11.0 Å². The van der Waals surface area contributed by atoms with Crippen LogP contribution in [0.3, 0.4) is 0 Å². The molecule has 86 valence electrons. The number of anilines is 1. The number of nitrogens with two attached hydrogens (primary N) is 1. The predicted octanol–water partition coefficient (Wildman–Crippen LogP) is 3.32. The summed E-state index contributed by atoms with van der Waals surface area (Å²) in [6, 6.07) is 6.64. The third kappa shape index (κ3) is 1.56. The van der Waals surface area contributed by atoms with Crippen LogP contribution in [0.15, 0.2) is 18.2 Å². The quantitative estimate of drug-likeness (QED) is 0.838. The van der Waals surface area contributed by atoms with Crippen molar-refractivity contribution in [3.8, 4) is 0 Å². The van der Waals surface area contributed by atoms with E-state index in [-0.39, 0.29) is 0 Å². The number of para-hydroxylation sites is 1. The molecule has 2 aromatic rings. The molecule has 1 aromatic heterocycles. The summed E-state index contributed by atoms with van der Waals surface area (Å²) in [5.74, 6) is 1.08. The van der Waals surface area contributed by atoms with Crippen LogP contribution < -0.4 is 5.73 Å². The fourth-order valence-electron chi connectivity index (χ4n) is 2.17. The SMILES string of the molecule is CC(C)c1cccc2c1nc(N)n2C(C)C. The van der Waals surface area contributed by atoms with E-state index in [1.54, 1.807) is 0 Å². The first-order valence-electron chi connectivity index (χ1n) is 5.78. The molecule has 3 heteroatoms. The minimum Gasteiger partial charge on any atom is -0.369 e. The van der Waals surface area contributed by atoms with Gasteiger partial charge in [0.25, 0.3) is 0 Å². The smallest absolute Gasteiger partial charge is 0.201 e. The zero-order chi connectivity index (χ0) is 11.9. The maximum Gasteiger partial charge on any atom is 0.201 e. The zero-order valence-electron chi connectivity index (χ0n) is 10.4. The average Bonchev–Trinajstić information content (AvgIpc) is 2.52. The van der Waals surface area contributed by atoms with Crippen LogP contribution in [-0.2, 0) is 0 Å². The highest BCUT2D eigenvalue weighted by Gasteiger charge is 2.14. The molecule has 1 heterocycles. The van der Waals surface area contributed by atoms with Crippen LogP contribution >= 0.6 is 0 Å². The summed E-state index contributed by atoms with van der Waals surface area (Å²) in [7, 11) is 0. The highest BCUT2D eigenvalue weighted by Crippen LogP contribution is 2.28. The van der Waals surface area contributed by atoms with Gasteiger partial charge in [-0.25, -0.2) is 4.98 Å². The van der Waals surface area contributed by atoms with Gasteiger partial charge in [0.15, 0.2) is 0 Å². The Morgan fingerprint density at radius 2 is 1.88 bits per heavy atom. The molecular formula is C13H19N3. The minimum atomic E-state index is 0.340. The molecule has 0 amide bonds. The van der Waals surface area contributed by atoms with Crippen molar-refractivity contribution in [1.29, 1.82) is 0 Å². The minimum absolute atomic E-state index is 0.340. The number of benzene rings is 1. The molecule has 0 unspecified atom stereocenters. The van der Waals surface area contributed by atoms with E-state index in [0.29, 0.717) is 17.9 Å². The van der Waals surface area contributed by atoms with Crippen molar-refractivity contribution in [2.24, 2.45) is 0 Å². The monoisotopic (exact) mass is 217 g/mol. The molecule has 0 fully saturated rings. The highest BCUT2D eigenvalue weighted by atomic mass is 15.2. The van der Waals surface area contributed by atoms with Crippen LogP contribution in [-0.4, -0.2) is 9.55 Å².